The van der Waals surface area contributed by atoms with Gasteiger partial charge in [-0.05, 0) is 48.1 Å². The van der Waals surface area contributed by atoms with Crippen LogP contribution in [0.15, 0.2) is 35.3 Å². The van der Waals surface area contributed by atoms with Crippen molar-refractivity contribution in [3.63, 3.8) is 0 Å². The standard InChI is InChI=1S/C19H21N3O2/c20-19-10-18(24-12-13-4-7-23-8-5-13)16-2-1-14(9-17(16)22-19)15-3-6-21-11-15/h1-3,6,9-10,13H,4-5,7-8,11-12H2,(H2,20,22). The van der Waals surface area contributed by atoms with Crippen LogP contribution in [0.25, 0.3) is 16.5 Å². The van der Waals surface area contributed by atoms with Crippen LogP contribution in [0.4, 0.5) is 5.82 Å². The summed E-state index contributed by atoms with van der Waals surface area (Å²) < 4.78 is 11.5. The van der Waals surface area contributed by atoms with Crippen molar-refractivity contribution >= 4 is 28.5 Å². The van der Waals surface area contributed by atoms with Crippen molar-refractivity contribution in [2.24, 2.45) is 10.9 Å². The van der Waals surface area contributed by atoms with Crippen molar-refractivity contribution in [3.05, 3.63) is 35.9 Å². The van der Waals surface area contributed by atoms with E-state index in [4.69, 9.17) is 15.2 Å². The molecule has 0 saturated carbocycles. The van der Waals surface area contributed by atoms with Crippen molar-refractivity contribution < 1.29 is 9.47 Å². The SMILES string of the molecule is Nc1cc(OCC2CCOCC2)c2ccc(C3=CC=NC3)cc2n1. The number of pyridine rings is 1. The molecule has 0 spiro atoms. The lowest BCUT2D eigenvalue weighted by atomic mass is 10.0. The lowest BCUT2D eigenvalue weighted by molar-refractivity contribution is 0.0500. The van der Waals surface area contributed by atoms with Gasteiger partial charge in [0.05, 0.1) is 18.7 Å². The van der Waals surface area contributed by atoms with Crippen LogP contribution in [-0.4, -0.2) is 37.6 Å². The van der Waals surface area contributed by atoms with Crippen molar-refractivity contribution in [3.8, 4) is 5.75 Å². The second-order valence-electron chi connectivity index (χ2n) is 6.33. The Kier molecular flexibility index (Phi) is 4.17. The zero-order valence-electron chi connectivity index (χ0n) is 13.6. The van der Waals surface area contributed by atoms with E-state index in [1.807, 2.05) is 18.4 Å². The van der Waals surface area contributed by atoms with Crippen LogP contribution in [-0.2, 0) is 4.74 Å². The molecule has 2 aliphatic heterocycles. The first kappa shape index (κ1) is 15.1. The lowest BCUT2D eigenvalue weighted by Gasteiger charge is -2.22. The largest absolute Gasteiger partial charge is 0.492 e. The van der Waals surface area contributed by atoms with E-state index in [2.05, 4.69) is 28.2 Å². The average Bonchev–Trinajstić information content (AvgIpc) is 3.14. The zero-order chi connectivity index (χ0) is 16.4. The molecule has 5 nitrogen and oxygen atoms in total. The monoisotopic (exact) mass is 323 g/mol. The van der Waals surface area contributed by atoms with Gasteiger partial charge in [0.15, 0.2) is 0 Å². The van der Waals surface area contributed by atoms with Gasteiger partial charge in [-0.15, -0.1) is 0 Å². The maximum Gasteiger partial charge on any atom is 0.132 e. The number of nitrogens with two attached hydrogens (primary N) is 1. The molecule has 0 unspecified atom stereocenters. The Bertz CT molecular complexity index is 808. The number of fused-ring (bicyclic) bond motifs is 1. The van der Waals surface area contributed by atoms with Crippen molar-refractivity contribution in [2.75, 3.05) is 32.1 Å². The van der Waals surface area contributed by atoms with Crippen LogP contribution >= 0.6 is 0 Å². The molecule has 1 saturated heterocycles. The molecule has 0 amide bonds. The van der Waals surface area contributed by atoms with Gasteiger partial charge in [-0.25, -0.2) is 4.98 Å². The van der Waals surface area contributed by atoms with Crippen LogP contribution in [0, 0.1) is 5.92 Å². The number of aromatic nitrogens is 1. The summed E-state index contributed by atoms with van der Waals surface area (Å²) in [6.45, 7) is 3.07. The van der Waals surface area contributed by atoms with Crippen LogP contribution < -0.4 is 10.5 Å². The summed E-state index contributed by atoms with van der Waals surface area (Å²) in [5.74, 6) is 1.84. The fourth-order valence-electron chi connectivity index (χ4n) is 3.19. The number of allylic oxidation sites excluding steroid dienone is 1. The highest BCUT2D eigenvalue weighted by Gasteiger charge is 2.16. The molecular weight excluding hydrogens is 302 g/mol. The van der Waals surface area contributed by atoms with Gasteiger partial charge in [0.1, 0.15) is 11.6 Å². The van der Waals surface area contributed by atoms with Crippen molar-refractivity contribution in [1.82, 2.24) is 4.98 Å². The highest BCUT2D eigenvalue weighted by atomic mass is 16.5. The topological polar surface area (TPSA) is 69.7 Å². The summed E-state index contributed by atoms with van der Waals surface area (Å²) in [6.07, 6.45) is 5.98. The number of nitrogen functional groups attached to an aromatic ring is 1. The predicted molar refractivity (Wildman–Crippen MR) is 96.5 cm³/mol. The normalized spacial score (nSPS) is 18.1. The van der Waals surface area contributed by atoms with Gasteiger partial charge in [-0.2, -0.15) is 0 Å². The van der Waals surface area contributed by atoms with E-state index in [1.165, 1.54) is 5.57 Å². The molecule has 1 fully saturated rings. The van der Waals surface area contributed by atoms with E-state index in [1.54, 1.807) is 0 Å². The second-order valence-corrected chi connectivity index (χ2v) is 6.33. The van der Waals surface area contributed by atoms with Crippen molar-refractivity contribution in [1.29, 1.82) is 0 Å². The quantitative estimate of drug-likeness (QED) is 0.938. The Labute approximate surface area is 141 Å². The summed E-state index contributed by atoms with van der Waals surface area (Å²) in [5, 5.41) is 1.000. The number of anilines is 1. The Morgan fingerprint density at radius 1 is 1.21 bits per heavy atom. The van der Waals surface area contributed by atoms with E-state index >= 15 is 0 Å². The Morgan fingerprint density at radius 3 is 2.88 bits per heavy atom. The summed E-state index contributed by atoms with van der Waals surface area (Å²) in [7, 11) is 0. The molecule has 124 valence electrons. The average molecular weight is 323 g/mol. The lowest BCUT2D eigenvalue weighted by Crippen LogP contribution is -2.21. The minimum Gasteiger partial charge on any atom is -0.492 e. The molecule has 2 aliphatic rings. The summed E-state index contributed by atoms with van der Waals surface area (Å²) >= 11 is 0. The molecule has 2 N–H and O–H groups in total. The zero-order valence-corrected chi connectivity index (χ0v) is 13.6. The van der Waals surface area contributed by atoms with Crippen LogP contribution in [0.1, 0.15) is 18.4 Å². The highest BCUT2D eigenvalue weighted by Crippen LogP contribution is 2.30. The fourth-order valence-corrected chi connectivity index (χ4v) is 3.19. The number of hydrogen-bond donors (Lipinski definition) is 1. The van der Waals surface area contributed by atoms with Gasteiger partial charge in [0.2, 0.25) is 0 Å². The third kappa shape index (κ3) is 3.12. The molecule has 5 heteroatoms. The first-order chi connectivity index (χ1) is 11.8. The van der Waals surface area contributed by atoms with Gasteiger partial charge >= 0.3 is 0 Å². The highest BCUT2D eigenvalue weighted by molar-refractivity contribution is 5.94. The Hall–Kier alpha value is -2.40. The van der Waals surface area contributed by atoms with Gasteiger partial charge in [-0.1, -0.05) is 6.07 Å². The summed E-state index contributed by atoms with van der Waals surface area (Å²) in [5.41, 5.74) is 9.18. The van der Waals surface area contributed by atoms with E-state index < -0.39 is 0 Å². The second kappa shape index (κ2) is 6.61. The van der Waals surface area contributed by atoms with Gasteiger partial charge in [0.25, 0.3) is 0 Å². The van der Waals surface area contributed by atoms with Gasteiger partial charge < -0.3 is 15.2 Å². The minimum atomic E-state index is 0.485. The van der Waals surface area contributed by atoms with E-state index in [9.17, 15) is 0 Å². The molecule has 24 heavy (non-hydrogen) atoms. The number of nitrogens with zero attached hydrogens (tertiary/aromatic N) is 2. The van der Waals surface area contributed by atoms with Gasteiger partial charge in [-0.3, -0.25) is 4.99 Å². The Morgan fingerprint density at radius 2 is 2.08 bits per heavy atom. The molecule has 0 aliphatic carbocycles. The Balaban J connectivity index is 1.60. The maximum atomic E-state index is 6.09. The molecule has 0 radical (unpaired) electrons. The first-order valence-electron chi connectivity index (χ1n) is 8.40. The number of rotatable bonds is 4. The molecular formula is C19H21N3O2. The number of hydrogen-bond acceptors (Lipinski definition) is 5. The minimum absolute atomic E-state index is 0.485. The predicted octanol–water partition coefficient (Wildman–Crippen LogP) is 3.09. The third-order valence-corrected chi connectivity index (χ3v) is 4.62. The summed E-state index contributed by atoms with van der Waals surface area (Å²) in [4.78, 5) is 8.71. The fraction of sp³-hybridized carbons (Fsp3) is 0.368. The molecule has 3 heterocycles. The summed E-state index contributed by atoms with van der Waals surface area (Å²) in [6, 6.07) is 8.05. The molecule has 0 atom stereocenters. The number of aliphatic imine (C=N–C) groups is 1. The molecule has 2 aromatic rings. The van der Waals surface area contributed by atoms with E-state index in [0.717, 1.165) is 54.8 Å². The van der Waals surface area contributed by atoms with Crippen LogP contribution in [0.3, 0.4) is 0 Å². The van der Waals surface area contributed by atoms with E-state index in [0.29, 0.717) is 18.3 Å². The smallest absolute Gasteiger partial charge is 0.132 e. The van der Waals surface area contributed by atoms with Crippen LogP contribution in [0.2, 0.25) is 0 Å². The van der Waals surface area contributed by atoms with Crippen LogP contribution in [0.5, 0.6) is 5.75 Å². The molecule has 1 aromatic heterocycles. The van der Waals surface area contributed by atoms with Crippen molar-refractivity contribution in [2.45, 2.75) is 12.8 Å². The first-order valence-corrected chi connectivity index (χ1v) is 8.40. The molecule has 0 bridgehead atoms. The van der Waals surface area contributed by atoms with Gasteiger partial charge in [0, 0.05) is 30.9 Å². The maximum absolute atomic E-state index is 6.09. The molecule has 1 aromatic carbocycles. The molecule has 4 rings (SSSR count). The number of benzene rings is 1. The number of ether oxygens (including phenoxy) is 2. The third-order valence-electron chi connectivity index (χ3n) is 4.62. The van der Waals surface area contributed by atoms with E-state index in [-0.39, 0.29) is 0 Å².